The highest BCUT2D eigenvalue weighted by molar-refractivity contribution is 4.49. The molecule has 0 aliphatic heterocycles. The fourth-order valence-corrected chi connectivity index (χ4v) is 2.36. The molecule has 0 aliphatic carbocycles. The minimum absolute atomic E-state index is 0.771. The van der Waals surface area contributed by atoms with Crippen LogP contribution in [0.1, 0.15) is 119 Å². The van der Waals surface area contributed by atoms with Crippen LogP contribution in [0, 0.1) is 0 Å². The molecule has 0 heteroatoms. The highest BCUT2D eigenvalue weighted by atomic mass is 14.0. The van der Waals surface area contributed by atoms with E-state index in [2.05, 4.69) is 13.8 Å². The van der Waals surface area contributed by atoms with Crippen molar-refractivity contribution in [2.45, 2.75) is 117 Å². The molecule has 0 aromatic rings. The normalized spacial score (nSPS) is 13.4. The standard InChI is InChI=1S/C18H38/c1-3-5-7-9-11-13-15-17-18-16-14-12-10-8-6-4-2/h3-18H2,1-2H3/i15D2. The molecule has 0 rings (SSSR count). The first-order chi connectivity index (χ1) is 9.62. The van der Waals surface area contributed by atoms with Crippen LogP contribution in [0.3, 0.4) is 0 Å². The Bertz CT molecular complexity index is 190. The Balaban J connectivity index is 3.33. The van der Waals surface area contributed by atoms with Crippen molar-refractivity contribution in [2.75, 3.05) is 0 Å². The molecule has 0 saturated carbocycles. The van der Waals surface area contributed by atoms with Crippen molar-refractivity contribution in [3.05, 3.63) is 0 Å². The second-order valence-electron chi connectivity index (χ2n) is 5.64. The average molecular weight is 257 g/mol. The molecule has 0 aromatic carbocycles. The molecular formula is C18H38. The van der Waals surface area contributed by atoms with E-state index < -0.39 is 6.37 Å². The molecule has 0 bridgehead atoms. The summed E-state index contributed by atoms with van der Waals surface area (Å²) in [5.74, 6) is 0. The fraction of sp³-hybridized carbons (Fsp3) is 1.00. The van der Waals surface area contributed by atoms with Crippen molar-refractivity contribution in [1.29, 1.82) is 0 Å². The molecule has 0 atom stereocenters. The van der Waals surface area contributed by atoms with Crippen LogP contribution in [-0.4, -0.2) is 0 Å². The number of unbranched alkanes of at least 4 members (excludes halogenated alkanes) is 11. The highest BCUT2D eigenvalue weighted by Gasteiger charge is 1.93. The summed E-state index contributed by atoms with van der Waals surface area (Å²) >= 11 is 0. The lowest BCUT2D eigenvalue weighted by molar-refractivity contribution is 0.531. The van der Waals surface area contributed by atoms with Gasteiger partial charge < -0.3 is 0 Å². The van der Waals surface area contributed by atoms with Gasteiger partial charge in [-0.25, -0.2) is 0 Å². The van der Waals surface area contributed by atoms with E-state index in [1.807, 2.05) is 0 Å². The van der Waals surface area contributed by atoms with Crippen molar-refractivity contribution in [2.24, 2.45) is 0 Å². The van der Waals surface area contributed by atoms with Gasteiger partial charge in [-0.1, -0.05) is 117 Å². The Morgan fingerprint density at radius 1 is 0.444 bits per heavy atom. The van der Waals surface area contributed by atoms with Crippen molar-refractivity contribution in [3.8, 4) is 0 Å². The van der Waals surface area contributed by atoms with Crippen molar-refractivity contribution in [1.82, 2.24) is 0 Å². The van der Waals surface area contributed by atoms with Crippen LogP contribution >= 0.6 is 0 Å². The van der Waals surface area contributed by atoms with Crippen LogP contribution < -0.4 is 0 Å². The zero-order valence-corrected chi connectivity index (χ0v) is 13.1. The van der Waals surface area contributed by atoms with Crippen LogP contribution in [0.2, 0.25) is 0 Å². The van der Waals surface area contributed by atoms with E-state index in [1.165, 1.54) is 70.6 Å². The quantitative estimate of drug-likeness (QED) is 0.270. The van der Waals surface area contributed by atoms with Crippen molar-refractivity contribution >= 4 is 0 Å². The molecule has 110 valence electrons. The smallest absolute Gasteiger partial charge is 0.0267 e. The summed E-state index contributed by atoms with van der Waals surface area (Å²) in [5.41, 5.74) is 0. The summed E-state index contributed by atoms with van der Waals surface area (Å²) in [4.78, 5) is 0. The maximum absolute atomic E-state index is 8.04. The van der Waals surface area contributed by atoms with E-state index in [1.54, 1.807) is 0 Å². The van der Waals surface area contributed by atoms with Crippen LogP contribution in [0.5, 0.6) is 0 Å². The van der Waals surface area contributed by atoms with Crippen LogP contribution in [0.15, 0.2) is 0 Å². The molecule has 18 heavy (non-hydrogen) atoms. The molecule has 0 N–H and O–H groups in total. The summed E-state index contributed by atoms with van der Waals surface area (Å²) in [6.07, 6.45) is 17.2. The maximum Gasteiger partial charge on any atom is 0.0267 e. The van der Waals surface area contributed by atoms with Crippen molar-refractivity contribution < 1.29 is 2.74 Å². The predicted molar refractivity (Wildman–Crippen MR) is 85.2 cm³/mol. The monoisotopic (exact) mass is 256 g/mol. The summed E-state index contributed by atoms with van der Waals surface area (Å²) in [6.45, 7) is 4.48. The molecule has 0 unspecified atom stereocenters. The van der Waals surface area contributed by atoms with Crippen LogP contribution in [0.25, 0.3) is 0 Å². The Hall–Kier alpha value is 0. The lowest BCUT2D eigenvalue weighted by atomic mass is 10.0. The van der Waals surface area contributed by atoms with Gasteiger partial charge in [-0.05, 0) is 0 Å². The first-order valence-corrected chi connectivity index (χ1v) is 8.62. The van der Waals surface area contributed by atoms with Gasteiger partial charge in [0.2, 0.25) is 0 Å². The van der Waals surface area contributed by atoms with Crippen LogP contribution in [0.4, 0.5) is 0 Å². The Labute approximate surface area is 120 Å². The van der Waals surface area contributed by atoms with Gasteiger partial charge in [0.25, 0.3) is 0 Å². The van der Waals surface area contributed by atoms with E-state index in [0.717, 1.165) is 25.7 Å². The van der Waals surface area contributed by atoms with Gasteiger partial charge in [-0.2, -0.15) is 0 Å². The Morgan fingerprint density at radius 3 is 1.06 bits per heavy atom. The Kier molecular flexibility index (Phi) is 13.6. The minimum atomic E-state index is -0.908. The third kappa shape index (κ3) is 16.0. The summed E-state index contributed by atoms with van der Waals surface area (Å²) in [6, 6.07) is 0. The molecule has 0 saturated heterocycles. The maximum atomic E-state index is 8.04. The predicted octanol–water partition coefficient (Wildman–Crippen LogP) is 7.27. The number of hydrogen-bond acceptors (Lipinski definition) is 0. The molecule has 0 nitrogen and oxygen atoms in total. The minimum Gasteiger partial charge on any atom is -0.0654 e. The molecule has 0 fully saturated rings. The molecule has 0 heterocycles. The zero-order chi connectivity index (χ0) is 15.1. The molecular weight excluding hydrogens is 216 g/mol. The topological polar surface area (TPSA) is 0 Å². The molecule has 0 spiro atoms. The lowest BCUT2D eigenvalue weighted by Gasteiger charge is -2.03. The first-order valence-electron chi connectivity index (χ1n) is 9.62. The van der Waals surface area contributed by atoms with Gasteiger partial charge in [0.05, 0.1) is 0 Å². The van der Waals surface area contributed by atoms with Gasteiger partial charge >= 0.3 is 0 Å². The third-order valence-corrected chi connectivity index (χ3v) is 3.66. The number of rotatable bonds is 15. The third-order valence-electron chi connectivity index (χ3n) is 3.66. The zero-order valence-electron chi connectivity index (χ0n) is 15.1. The summed E-state index contributed by atoms with van der Waals surface area (Å²) in [7, 11) is 0. The Morgan fingerprint density at radius 2 is 0.722 bits per heavy atom. The largest absolute Gasteiger partial charge is 0.0654 e. The SMILES string of the molecule is [2H]C([2H])(CCCCCCC)CCCCCCCCCC. The number of hydrogen-bond donors (Lipinski definition) is 0. The second kappa shape index (κ2) is 17.0. The average Bonchev–Trinajstić information content (AvgIpc) is 2.41. The van der Waals surface area contributed by atoms with E-state index in [0.29, 0.717) is 0 Å². The fourth-order valence-electron chi connectivity index (χ4n) is 2.36. The molecule has 0 radical (unpaired) electrons. The first kappa shape index (κ1) is 14.4. The van der Waals surface area contributed by atoms with E-state index in [-0.39, 0.29) is 0 Å². The van der Waals surface area contributed by atoms with Crippen LogP contribution in [-0.2, 0) is 0 Å². The van der Waals surface area contributed by atoms with E-state index >= 15 is 0 Å². The summed E-state index contributed by atoms with van der Waals surface area (Å²) in [5, 5.41) is 0. The van der Waals surface area contributed by atoms with Gasteiger partial charge in [-0.15, -0.1) is 0 Å². The summed E-state index contributed by atoms with van der Waals surface area (Å²) < 4.78 is 16.1. The highest BCUT2D eigenvalue weighted by Crippen LogP contribution is 2.13. The van der Waals surface area contributed by atoms with E-state index in [4.69, 9.17) is 2.74 Å². The van der Waals surface area contributed by atoms with E-state index in [9.17, 15) is 0 Å². The lowest BCUT2D eigenvalue weighted by Crippen LogP contribution is -1.83. The van der Waals surface area contributed by atoms with Gasteiger partial charge in [0, 0.05) is 2.74 Å². The van der Waals surface area contributed by atoms with Gasteiger partial charge in [0.1, 0.15) is 0 Å². The second-order valence-corrected chi connectivity index (χ2v) is 5.64. The van der Waals surface area contributed by atoms with Gasteiger partial charge in [0.15, 0.2) is 0 Å². The van der Waals surface area contributed by atoms with Crippen molar-refractivity contribution in [3.63, 3.8) is 0 Å². The van der Waals surface area contributed by atoms with Gasteiger partial charge in [-0.3, -0.25) is 0 Å². The molecule has 0 aromatic heterocycles. The molecule has 0 amide bonds. The molecule has 0 aliphatic rings.